The molecule has 0 atom stereocenters. The van der Waals surface area contributed by atoms with Crippen molar-refractivity contribution in [1.82, 2.24) is 15.5 Å². The molecular formula is C23H23N3O5. The van der Waals surface area contributed by atoms with Gasteiger partial charge in [-0.2, -0.15) is 4.98 Å². The fraction of sp³-hybridized carbons (Fsp3) is 0.261. The molecule has 4 aromatic rings. The molecule has 2 heterocycles. The zero-order chi connectivity index (χ0) is 22.0. The predicted octanol–water partition coefficient (Wildman–Crippen LogP) is 4.09. The van der Waals surface area contributed by atoms with Gasteiger partial charge in [0.05, 0.1) is 14.2 Å². The van der Waals surface area contributed by atoms with Gasteiger partial charge >= 0.3 is 11.8 Å². The predicted molar refractivity (Wildman–Crippen MR) is 115 cm³/mol. The van der Waals surface area contributed by atoms with Crippen LogP contribution in [0, 0.1) is 13.8 Å². The molecule has 0 radical (unpaired) electrons. The van der Waals surface area contributed by atoms with Crippen LogP contribution in [0.25, 0.3) is 22.6 Å². The molecule has 8 nitrogen and oxygen atoms in total. The molecule has 0 saturated heterocycles. The lowest BCUT2D eigenvalue weighted by Gasteiger charge is -2.09. The van der Waals surface area contributed by atoms with Gasteiger partial charge in [-0.05, 0) is 43.5 Å². The lowest BCUT2D eigenvalue weighted by molar-refractivity contribution is 0.0910. The van der Waals surface area contributed by atoms with Gasteiger partial charge in [0.25, 0.3) is 0 Å². The van der Waals surface area contributed by atoms with E-state index in [0.717, 1.165) is 27.7 Å². The molecule has 0 bridgehead atoms. The van der Waals surface area contributed by atoms with Gasteiger partial charge in [0.2, 0.25) is 5.82 Å². The number of nitrogens with zero attached hydrogens (tertiary/aromatic N) is 2. The molecule has 0 aliphatic rings. The fourth-order valence-corrected chi connectivity index (χ4v) is 3.44. The quantitative estimate of drug-likeness (QED) is 0.480. The number of fused-ring (bicyclic) bond motifs is 1. The molecule has 2 aromatic heterocycles. The first-order chi connectivity index (χ1) is 15.0. The molecule has 31 heavy (non-hydrogen) atoms. The monoisotopic (exact) mass is 421 g/mol. The van der Waals surface area contributed by atoms with Crippen molar-refractivity contribution < 1.29 is 23.2 Å². The minimum absolute atomic E-state index is 0.112. The number of hydrogen-bond acceptors (Lipinski definition) is 7. The third-order valence-corrected chi connectivity index (χ3v) is 5.13. The molecule has 1 N–H and O–H groups in total. The third kappa shape index (κ3) is 3.96. The van der Waals surface area contributed by atoms with Crippen LogP contribution in [0.15, 0.2) is 45.3 Å². The number of aromatic nitrogens is 2. The van der Waals surface area contributed by atoms with Gasteiger partial charge in [-0.1, -0.05) is 29.4 Å². The SMILES string of the molecule is COc1ccc(CCNC(=O)c2nc(-c3oc4c(C)cccc4c3C)no2)cc1OC. The van der Waals surface area contributed by atoms with Gasteiger partial charge < -0.3 is 23.7 Å². The summed E-state index contributed by atoms with van der Waals surface area (Å²) in [6.07, 6.45) is 0.606. The molecule has 2 aromatic carbocycles. The molecule has 0 fully saturated rings. The number of para-hydroxylation sites is 1. The number of carbonyl (C=O) groups excluding carboxylic acids is 1. The Labute approximate surface area is 179 Å². The summed E-state index contributed by atoms with van der Waals surface area (Å²) in [6.45, 7) is 4.30. The van der Waals surface area contributed by atoms with Gasteiger partial charge in [0, 0.05) is 17.5 Å². The van der Waals surface area contributed by atoms with Crippen LogP contribution in [0.4, 0.5) is 0 Å². The van der Waals surface area contributed by atoms with Gasteiger partial charge in [0.15, 0.2) is 17.3 Å². The van der Waals surface area contributed by atoms with E-state index in [2.05, 4.69) is 15.5 Å². The van der Waals surface area contributed by atoms with Crippen molar-refractivity contribution in [3.05, 3.63) is 59.0 Å². The van der Waals surface area contributed by atoms with Gasteiger partial charge in [0.1, 0.15) is 5.58 Å². The number of carbonyl (C=O) groups is 1. The summed E-state index contributed by atoms with van der Waals surface area (Å²) in [5, 5.41) is 7.71. The molecule has 1 amide bonds. The van der Waals surface area contributed by atoms with E-state index in [4.69, 9.17) is 18.4 Å². The molecular weight excluding hydrogens is 398 g/mol. The van der Waals surface area contributed by atoms with Gasteiger partial charge in [-0.3, -0.25) is 4.79 Å². The van der Waals surface area contributed by atoms with E-state index in [-0.39, 0.29) is 11.7 Å². The van der Waals surface area contributed by atoms with Crippen molar-refractivity contribution in [1.29, 1.82) is 0 Å². The minimum atomic E-state index is -0.441. The average Bonchev–Trinajstić information content (AvgIpc) is 3.39. The van der Waals surface area contributed by atoms with Crippen LogP contribution in [0.2, 0.25) is 0 Å². The van der Waals surface area contributed by atoms with E-state index in [0.29, 0.717) is 30.2 Å². The number of amides is 1. The van der Waals surface area contributed by atoms with Crippen molar-refractivity contribution in [3.63, 3.8) is 0 Å². The smallest absolute Gasteiger partial charge is 0.316 e. The number of furan rings is 1. The molecule has 160 valence electrons. The van der Waals surface area contributed by atoms with Crippen LogP contribution in [0.1, 0.15) is 27.4 Å². The van der Waals surface area contributed by atoms with Crippen molar-refractivity contribution >= 4 is 16.9 Å². The Morgan fingerprint density at radius 2 is 1.90 bits per heavy atom. The van der Waals surface area contributed by atoms with Crippen LogP contribution in [-0.2, 0) is 6.42 Å². The summed E-state index contributed by atoms with van der Waals surface area (Å²) in [5.74, 6) is 1.49. The Bertz CT molecular complexity index is 1240. The van der Waals surface area contributed by atoms with Crippen LogP contribution in [-0.4, -0.2) is 36.8 Å². The number of benzene rings is 2. The lowest BCUT2D eigenvalue weighted by Crippen LogP contribution is -2.26. The maximum atomic E-state index is 12.4. The van der Waals surface area contributed by atoms with E-state index in [1.165, 1.54) is 0 Å². The maximum Gasteiger partial charge on any atom is 0.316 e. The highest BCUT2D eigenvalue weighted by atomic mass is 16.5. The summed E-state index contributed by atoms with van der Waals surface area (Å²) in [6, 6.07) is 11.6. The first-order valence-corrected chi connectivity index (χ1v) is 9.83. The maximum absolute atomic E-state index is 12.4. The van der Waals surface area contributed by atoms with E-state index in [9.17, 15) is 4.79 Å². The Kier molecular flexibility index (Phi) is 5.62. The van der Waals surface area contributed by atoms with Crippen molar-refractivity contribution in [2.75, 3.05) is 20.8 Å². The molecule has 0 aliphatic carbocycles. The number of aryl methyl sites for hydroxylation is 2. The number of nitrogens with one attached hydrogen (secondary N) is 1. The summed E-state index contributed by atoms with van der Waals surface area (Å²) in [4.78, 5) is 16.7. The first kappa shape index (κ1) is 20.5. The van der Waals surface area contributed by atoms with E-state index in [1.807, 2.05) is 50.2 Å². The van der Waals surface area contributed by atoms with Crippen LogP contribution < -0.4 is 14.8 Å². The second-order valence-electron chi connectivity index (χ2n) is 7.13. The Morgan fingerprint density at radius 1 is 1.10 bits per heavy atom. The molecule has 0 saturated carbocycles. The zero-order valence-corrected chi connectivity index (χ0v) is 17.8. The summed E-state index contributed by atoms with van der Waals surface area (Å²) in [7, 11) is 3.17. The molecule has 0 spiro atoms. The number of ether oxygens (including phenoxy) is 2. The Hall–Kier alpha value is -3.81. The minimum Gasteiger partial charge on any atom is -0.493 e. The summed E-state index contributed by atoms with van der Waals surface area (Å²) < 4.78 is 21.6. The number of hydrogen-bond donors (Lipinski definition) is 1. The van der Waals surface area contributed by atoms with Crippen molar-refractivity contribution in [2.24, 2.45) is 0 Å². The van der Waals surface area contributed by atoms with Crippen LogP contribution in [0.3, 0.4) is 0 Å². The van der Waals surface area contributed by atoms with Gasteiger partial charge in [-0.25, -0.2) is 0 Å². The molecule has 4 rings (SSSR count). The van der Waals surface area contributed by atoms with E-state index in [1.54, 1.807) is 14.2 Å². The normalized spacial score (nSPS) is 11.0. The third-order valence-electron chi connectivity index (χ3n) is 5.13. The first-order valence-electron chi connectivity index (χ1n) is 9.83. The number of methoxy groups -OCH3 is 2. The summed E-state index contributed by atoms with van der Waals surface area (Å²) >= 11 is 0. The largest absolute Gasteiger partial charge is 0.493 e. The topological polar surface area (TPSA) is 99.6 Å². The van der Waals surface area contributed by atoms with Gasteiger partial charge in [-0.15, -0.1) is 0 Å². The van der Waals surface area contributed by atoms with E-state index < -0.39 is 5.91 Å². The zero-order valence-electron chi connectivity index (χ0n) is 17.8. The highest BCUT2D eigenvalue weighted by Gasteiger charge is 2.21. The van der Waals surface area contributed by atoms with Crippen molar-refractivity contribution in [2.45, 2.75) is 20.3 Å². The van der Waals surface area contributed by atoms with Crippen molar-refractivity contribution in [3.8, 4) is 23.1 Å². The molecule has 8 heteroatoms. The highest BCUT2D eigenvalue weighted by molar-refractivity contribution is 5.91. The lowest BCUT2D eigenvalue weighted by atomic mass is 10.1. The Balaban J connectivity index is 1.43. The standard InChI is InChI=1S/C23H23N3O5/c1-13-6-5-7-16-14(2)20(30-19(13)16)21-25-23(31-26-21)22(27)24-11-10-15-8-9-17(28-3)18(12-15)29-4/h5-9,12H,10-11H2,1-4H3,(H,24,27). The molecule has 0 aliphatic heterocycles. The number of rotatable bonds is 7. The summed E-state index contributed by atoms with van der Waals surface area (Å²) in [5.41, 5.74) is 3.70. The fourth-order valence-electron chi connectivity index (χ4n) is 3.44. The highest BCUT2D eigenvalue weighted by Crippen LogP contribution is 2.33. The Morgan fingerprint density at radius 3 is 2.65 bits per heavy atom. The van der Waals surface area contributed by atoms with Crippen LogP contribution in [0.5, 0.6) is 11.5 Å². The average molecular weight is 421 g/mol. The second kappa shape index (κ2) is 8.51. The second-order valence-corrected chi connectivity index (χ2v) is 7.13. The van der Waals surface area contributed by atoms with E-state index >= 15 is 0 Å². The van der Waals surface area contributed by atoms with Crippen LogP contribution >= 0.6 is 0 Å². The molecule has 0 unspecified atom stereocenters.